The van der Waals surface area contributed by atoms with Crippen LogP contribution in [0.25, 0.3) is 0 Å². The van der Waals surface area contributed by atoms with Crippen molar-refractivity contribution in [1.29, 1.82) is 0 Å². The Balaban J connectivity index is 1.91. The summed E-state index contributed by atoms with van der Waals surface area (Å²) in [4.78, 5) is 12.9. The van der Waals surface area contributed by atoms with Crippen LogP contribution in [0.4, 0.5) is 10.1 Å². The fourth-order valence-corrected chi connectivity index (χ4v) is 4.86. The Bertz CT molecular complexity index is 1160. The maximum Gasteiger partial charge on any atom is 0.264 e. The van der Waals surface area contributed by atoms with Gasteiger partial charge in [-0.15, -0.1) is 0 Å². The topological polar surface area (TPSA) is 66.5 Å². The van der Waals surface area contributed by atoms with Gasteiger partial charge in [-0.25, -0.2) is 12.8 Å². The lowest BCUT2D eigenvalue weighted by Gasteiger charge is -2.26. The van der Waals surface area contributed by atoms with Gasteiger partial charge in [0.25, 0.3) is 10.0 Å². The van der Waals surface area contributed by atoms with Crippen molar-refractivity contribution in [3.05, 3.63) is 95.3 Å². The molecule has 0 fully saturated rings. The molecule has 7 heteroatoms. The van der Waals surface area contributed by atoms with E-state index in [2.05, 4.69) is 5.32 Å². The third kappa shape index (κ3) is 5.30. The summed E-state index contributed by atoms with van der Waals surface area (Å²) in [5, 5.41) is 2.80. The number of benzene rings is 3. The van der Waals surface area contributed by atoms with Gasteiger partial charge in [0, 0.05) is 0 Å². The Morgan fingerprint density at radius 3 is 2.26 bits per heavy atom. The van der Waals surface area contributed by atoms with Gasteiger partial charge in [-0.2, -0.15) is 0 Å². The minimum Gasteiger partial charge on any atom is -0.348 e. The van der Waals surface area contributed by atoms with E-state index < -0.39 is 22.0 Å². The number of amides is 1. The minimum absolute atomic E-state index is 0.106. The summed E-state index contributed by atoms with van der Waals surface area (Å²) in [6, 6.07) is 18.8. The monoisotopic (exact) mass is 440 g/mol. The molecule has 0 aliphatic carbocycles. The Morgan fingerprint density at radius 1 is 1.00 bits per heavy atom. The van der Waals surface area contributed by atoms with Crippen LogP contribution in [0.3, 0.4) is 0 Å². The zero-order valence-electron chi connectivity index (χ0n) is 17.7. The summed E-state index contributed by atoms with van der Waals surface area (Å²) in [5.41, 5.74) is 2.91. The number of aryl methyl sites for hydroxylation is 2. The first kappa shape index (κ1) is 22.5. The van der Waals surface area contributed by atoms with Crippen molar-refractivity contribution >= 4 is 21.6 Å². The summed E-state index contributed by atoms with van der Waals surface area (Å²) in [6.45, 7) is 5.11. The number of halogens is 1. The third-order valence-electron chi connectivity index (χ3n) is 4.99. The summed E-state index contributed by atoms with van der Waals surface area (Å²) in [6.07, 6.45) is 0. The highest BCUT2D eigenvalue weighted by Gasteiger charge is 2.28. The number of sulfonamides is 1. The number of hydrogen-bond donors (Lipinski definition) is 1. The van der Waals surface area contributed by atoms with Gasteiger partial charge in [0.2, 0.25) is 5.91 Å². The second kappa shape index (κ2) is 9.31. The van der Waals surface area contributed by atoms with Gasteiger partial charge >= 0.3 is 0 Å². The first-order valence-electron chi connectivity index (χ1n) is 9.88. The van der Waals surface area contributed by atoms with Gasteiger partial charge in [0.15, 0.2) is 0 Å². The molecule has 1 atom stereocenters. The number of carbonyl (C=O) groups is 1. The smallest absolute Gasteiger partial charge is 0.264 e. The van der Waals surface area contributed by atoms with Crippen LogP contribution in [0.5, 0.6) is 0 Å². The van der Waals surface area contributed by atoms with Crippen LogP contribution in [0, 0.1) is 19.7 Å². The van der Waals surface area contributed by atoms with Crippen molar-refractivity contribution in [2.45, 2.75) is 31.7 Å². The van der Waals surface area contributed by atoms with E-state index in [1.54, 1.807) is 43.3 Å². The van der Waals surface area contributed by atoms with E-state index >= 15 is 0 Å². The van der Waals surface area contributed by atoms with Crippen molar-refractivity contribution in [3.8, 4) is 0 Å². The van der Waals surface area contributed by atoms with Crippen molar-refractivity contribution < 1.29 is 17.6 Å². The van der Waals surface area contributed by atoms with Gasteiger partial charge in [-0.05, 0) is 62.2 Å². The maximum atomic E-state index is 13.4. The van der Waals surface area contributed by atoms with E-state index in [-0.39, 0.29) is 17.3 Å². The van der Waals surface area contributed by atoms with Gasteiger partial charge in [0.05, 0.1) is 16.6 Å². The second-order valence-corrected chi connectivity index (χ2v) is 9.32. The normalized spacial score (nSPS) is 12.3. The number of anilines is 1. The molecule has 0 saturated carbocycles. The summed E-state index contributed by atoms with van der Waals surface area (Å²) >= 11 is 0. The zero-order chi connectivity index (χ0) is 22.6. The van der Waals surface area contributed by atoms with Crippen molar-refractivity contribution in [3.63, 3.8) is 0 Å². The van der Waals surface area contributed by atoms with E-state index in [1.165, 1.54) is 24.3 Å². The molecule has 0 radical (unpaired) electrons. The highest BCUT2D eigenvalue weighted by atomic mass is 32.2. The molecular weight excluding hydrogens is 415 g/mol. The van der Waals surface area contributed by atoms with E-state index in [0.29, 0.717) is 5.69 Å². The highest BCUT2D eigenvalue weighted by Crippen LogP contribution is 2.27. The average Bonchev–Trinajstić information content (AvgIpc) is 2.73. The lowest BCUT2D eigenvalue weighted by atomic mass is 10.1. The molecule has 0 spiro atoms. The predicted octanol–water partition coefficient (Wildman–Crippen LogP) is 4.52. The molecule has 3 aromatic rings. The van der Waals surface area contributed by atoms with Crippen LogP contribution in [-0.4, -0.2) is 20.9 Å². The molecule has 5 nitrogen and oxygen atoms in total. The standard InChI is InChI=1S/C24H25FN2O3S/c1-17-9-14-23(18(2)15-17)27(31(29,30)22-7-5-4-6-8-22)16-24(28)26-19(3)20-10-12-21(25)13-11-20/h4-15,19H,16H2,1-3H3,(H,26,28)/t19-/m0/s1. The maximum absolute atomic E-state index is 13.4. The van der Waals surface area contributed by atoms with Crippen LogP contribution in [0.1, 0.15) is 29.7 Å². The largest absolute Gasteiger partial charge is 0.348 e. The molecule has 0 heterocycles. The highest BCUT2D eigenvalue weighted by molar-refractivity contribution is 7.92. The molecule has 162 valence electrons. The summed E-state index contributed by atoms with van der Waals surface area (Å²) in [5.74, 6) is -0.825. The molecule has 3 rings (SSSR count). The third-order valence-corrected chi connectivity index (χ3v) is 6.76. The molecule has 0 bridgehead atoms. The molecule has 3 aromatic carbocycles. The van der Waals surface area contributed by atoms with E-state index in [1.807, 2.05) is 26.0 Å². The lowest BCUT2D eigenvalue weighted by molar-refractivity contribution is -0.120. The average molecular weight is 441 g/mol. The second-order valence-electron chi connectivity index (χ2n) is 7.46. The van der Waals surface area contributed by atoms with Crippen molar-refractivity contribution in [1.82, 2.24) is 5.32 Å². The van der Waals surface area contributed by atoms with Gasteiger partial charge in [-0.3, -0.25) is 9.10 Å². The molecule has 0 aliphatic rings. The number of rotatable bonds is 7. The van der Waals surface area contributed by atoms with Gasteiger partial charge in [-0.1, -0.05) is 48.0 Å². The first-order chi connectivity index (χ1) is 14.7. The Kier molecular flexibility index (Phi) is 6.75. The molecule has 0 aromatic heterocycles. The number of nitrogens with zero attached hydrogens (tertiary/aromatic N) is 1. The van der Waals surface area contributed by atoms with Crippen LogP contribution in [-0.2, 0) is 14.8 Å². The number of carbonyl (C=O) groups excluding carboxylic acids is 1. The first-order valence-corrected chi connectivity index (χ1v) is 11.3. The minimum atomic E-state index is -3.97. The van der Waals surface area contributed by atoms with Crippen molar-refractivity contribution in [2.24, 2.45) is 0 Å². The molecule has 0 saturated heterocycles. The number of nitrogens with one attached hydrogen (secondary N) is 1. The van der Waals surface area contributed by atoms with Gasteiger partial charge < -0.3 is 5.32 Å². The van der Waals surface area contributed by atoms with E-state index in [0.717, 1.165) is 21.0 Å². The van der Waals surface area contributed by atoms with Gasteiger partial charge in [0.1, 0.15) is 12.4 Å². The SMILES string of the molecule is Cc1ccc(N(CC(=O)N[C@@H](C)c2ccc(F)cc2)S(=O)(=O)c2ccccc2)c(C)c1. The van der Waals surface area contributed by atoms with Crippen molar-refractivity contribution in [2.75, 3.05) is 10.8 Å². The quantitative estimate of drug-likeness (QED) is 0.588. The Labute approximate surface area is 182 Å². The predicted molar refractivity (Wildman–Crippen MR) is 120 cm³/mol. The molecule has 0 aliphatic heterocycles. The van der Waals surface area contributed by atoms with Crippen LogP contribution in [0.15, 0.2) is 77.7 Å². The van der Waals surface area contributed by atoms with Crippen LogP contribution < -0.4 is 9.62 Å². The number of hydrogen-bond acceptors (Lipinski definition) is 3. The summed E-state index contributed by atoms with van der Waals surface area (Å²) < 4.78 is 41.1. The molecule has 31 heavy (non-hydrogen) atoms. The molecule has 1 amide bonds. The van der Waals surface area contributed by atoms with Crippen LogP contribution in [0.2, 0.25) is 0 Å². The fraction of sp³-hybridized carbons (Fsp3) is 0.208. The lowest BCUT2D eigenvalue weighted by Crippen LogP contribution is -2.41. The Hall–Kier alpha value is -3.19. The zero-order valence-corrected chi connectivity index (χ0v) is 18.5. The van der Waals surface area contributed by atoms with Crippen LogP contribution >= 0.6 is 0 Å². The molecule has 0 unspecified atom stereocenters. The molecule has 1 N–H and O–H groups in total. The summed E-state index contributed by atoms with van der Waals surface area (Å²) in [7, 11) is -3.97. The molecular formula is C24H25FN2O3S. The fourth-order valence-electron chi connectivity index (χ4n) is 3.36. The Morgan fingerprint density at radius 2 is 1.65 bits per heavy atom. The van der Waals surface area contributed by atoms with E-state index in [4.69, 9.17) is 0 Å². The van der Waals surface area contributed by atoms with E-state index in [9.17, 15) is 17.6 Å².